The third-order valence-electron chi connectivity index (χ3n) is 4.61. The van der Waals surface area contributed by atoms with Gasteiger partial charge in [-0.25, -0.2) is 4.79 Å². The zero-order valence-corrected chi connectivity index (χ0v) is 15.0. The molecule has 1 aliphatic heterocycles. The van der Waals surface area contributed by atoms with Crippen molar-refractivity contribution < 1.29 is 9.53 Å². The molecule has 0 unspecified atom stereocenters. The van der Waals surface area contributed by atoms with Crippen LogP contribution in [-0.2, 0) is 19.5 Å². The molecule has 1 aromatic heterocycles. The highest BCUT2D eigenvalue weighted by atomic mass is 16.6. The van der Waals surface area contributed by atoms with Gasteiger partial charge in [-0.2, -0.15) is 0 Å². The lowest BCUT2D eigenvalue weighted by Crippen LogP contribution is -2.26. The first-order valence-electron chi connectivity index (χ1n) is 9.05. The lowest BCUT2D eigenvalue weighted by atomic mass is 10.1. The van der Waals surface area contributed by atoms with Crippen molar-refractivity contribution in [3.63, 3.8) is 0 Å². The SMILES string of the molecule is O=C(NCc1ccccc1)Oc1ccc2c(c1)CCN2Cc1ccccn1. The normalized spacial score (nSPS) is 12.5. The Bertz CT molecular complexity index is 913. The van der Waals surface area contributed by atoms with Crippen molar-refractivity contribution in [2.45, 2.75) is 19.5 Å². The molecule has 4 rings (SSSR count). The predicted octanol–water partition coefficient (Wildman–Crippen LogP) is 3.93. The molecule has 2 aromatic carbocycles. The minimum absolute atomic E-state index is 0.442. The molecule has 0 saturated heterocycles. The zero-order valence-electron chi connectivity index (χ0n) is 15.0. The molecule has 1 aliphatic rings. The molecule has 136 valence electrons. The number of fused-ring (bicyclic) bond motifs is 1. The van der Waals surface area contributed by atoms with Crippen LogP contribution in [-0.4, -0.2) is 17.6 Å². The molecule has 0 aliphatic carbocycles. The van der Waals surface area contributed by atoms with E-state index in [1.54, 1.807) is 0 Å². The molecule has 0 bridgehead atoms. The average molecular weight is 359 g/mol. The van der Waals surface area contributed by atoms with Crippen molar-refractivity contribution in [2.75, 3.05) is 11.4 Å². The number of carbonyl (C=O) groups is 1. The van der Waals surface area contributed by atoms with E-state index in [0.29, 0.717) is 12.3 Å². The lowest BCUT2D eigenvalue weighted by molar-refractivity contribution is 0.200. The maximum Gasteiger partial charge on any atom is 0.412 e. The van der Waals surface area contributed by atoms with E-state index in [4.69, 9.17) is 4.74 Å². The summed E-state index contributed by atoms with van der Waals surface area (Å²) in [7, 11) is 0. The summed E-state index contributed by atoms with van der Waals surface area (Å²) in [5.74, 6) is 0.569. The fourth-order valence-corrected chi connectivity index (χ4v) is 3.27. The fraction of sp³-hybridized carbons (Fsp3) is 0.182. The fourth-order valence-electron chi connectivity index (χ4n) is 3.27. The van der Waals surface area contributed by atoms with Crippen molar-refractivity contribution in [2.24, 2.45) is 0 Å². The molecule has 0 radical (unpaired) electrons. The highest BCUT2D eigenvalue weighted by molar-refractivity contribution is 5.71. The van der Waals surface area contributed by atoms with Gasteiger partial charge >= 0.3 is 6.09 Å². The number of amides is 1. The largest absolute Gasteiger partial charge is 0.412 e. The van der Waals surface area contributed by atoms with E-state index < -0.39 is 6.09 Å². The monoisotopic (exact) mass is 359 g/mol. The number of anilines is 1. The quantitative estimate of drug-likeness (QED) is 0.750. The van der Waals surface area contributed by atoms with Gasteiger partial charge in [0.1, 0.15) is 5.75 Å². The molecular formula is C22H21N3O2. The average Bonchev–Trinajstić information content (AvgIpc) is 3.10. The standard InChI is InChI=1S/C22H21N3O2/c26-22(24-15-17-6-2-1-3-7-17)27-20-9-10-21-18(14-20)11-13-25(21)16-19-8-4-5-12-23-19/h1-10,12,14H,11,13,15-16H2,(H,24,26). The number of aromatic nitrogens is 1. The Kier molecular flexibility index (Phi) is 5.01. The van der Waals surface area contributed by atoms with Crippen LogP contribution in [0.15, 0.2) is 72.9 Å². The van der Waals surface area contributed by atoms with Gasteiger partial charge in [0.05, 0.1) is 12.2 Å². The zero-order chi connectivity index (χ0) is 18.5. The molecule has 1 amide bonds. The predicted molar refractivity (Wildman–Crippen MR) is 105 cm³/mol. The van der Waals surface area contributed by atoms with E-state index in [-0.39, 0.29) is 0 Å². The van der Waals surface area contributed by atoms with Gasteiger partial charge in [0.25, 0.3) is 0 Å². The Morgan fingerprint density at radius 2 is 1.93 bits per heavy atom. The maximum absolute atomic E-state index is 12.0. The molecule has 1 N–H and O–H groups in total. The van der Waals surface area contributed by atoms with E-state index in [9.17, 15) is 4.79 Å². The van der Waals surface area contributed by atoms with Crippen LogP contribution in [0.25, 0.3) is 0 Å². The van der Waals surface area contributed by atoms with Crippen LogP contribution in [0.5, 0.6) is 5.75 Å². The Balaban J connectivity index is 1.36. The molecule has 2 heterocycles. The number of rotatable bonds is 5. The Morgan fingerprint density at radius 1 is 1.07 bits per heavy atom. The number of hydrogen-bond donors (Lipinski definition) is 1. The Hall–Kier alpha value is -3.34. The number of nitrogens with zero attached hydrogens (tertiary/aromatic N) is 2. The third kappa shape index (κ3) is 4.26. The van der Waals surface area contributed by atoms with Crippen molar-refractivity contribution >= 4 is 11.8 Å². The molecule has 0 atom stereocenters. The topological polar surface area (TPSA) is 54.5 Å². The van der Waals surface area contributed by atoms with Gasteiger partial charge in [-0.05, 0) is 47.9 Å². The smallest absolute Gasteiger partial charge is 0.410 e. The second-order valence-corrected chi connectivity index (χ2v) is 6.51. The third-order valence-corrected chi connectivity index (χ3v) is 4.61. The second kappa shape index (κ2) is 7.91. The van der Waals surface area contributed by atoms with E-state index in [2.05, 4.69) is 15.2 Å². The number of pyridine rings is 1. The molecule has 27 heavy (non-hydrogen) atoms. The summed E-state index contributed by atoms with van der Waals surface area (Å²) in [6.45, 7) is 2.17. The van der Waals surface area contributed by atoms with Crippen molar-refractivity contribution in [3.8, 4) is 5.75 Å². The molecule has 0 saturated carbocycles. The van der Waals surface area contributed by atoms with Gasteiger partial charge in [-0.3, -0.25) is 4.98 Å². The Labute approximate surface area is 158 Å². The Morgan fingerprint density at radius 3 is 2.74 bits per heavy atom. The minimum Gasteiger partial charge on any atom is -0.410 e. The molecule has 5 nitrogen and oxygen atoms in total. The number of nitrogens with one attached hydrogen (secondary N) is 1. The van der Waals surface area contributed by atoms with E-state index in [1.165, 1.54) is 11.3 Å². The number of hydrogen-bond acceptors (Lipinski definition) is 4. The number of benzene rings is 2. The molecular weight excluding hydrogens is 338 g/mol. The van der Waals surface area contributed by atoms with Gasteiger partial charge < -0.3 is 15.0 Å². The molecule has 0 fully saturated rings. The molecule has 3 aromatic rings. The van der Waals surface area contributed by atoms with Crippen LogP contribution in [0.3, 0.4) is 0 Å². The van der Waals surface area contributed by atoms with Gasteiger partial charge in [-0.15, -0.1) is 0 Å². The van der Waals surface area contributed by atoms with Gasteiger partial charge in [0.2, 0.25) is 0 Å². The van der Waals surface area contributed by atoms with Crippen molar-refractivity contribution in [3.05, 3.63) is 89.7 Å². The molecule has 5 heteroatoms. The van der Waals surface area contributed by atoms with Gasteiger partial charge in [0.15, 0.2) is 0 Å². The highest BCUT2D eigenvalue weighted by Gasteiger charge is 2.20. The lowest BCUT2D eigenvalue weighted by Gasteiger charge is -2.19. The molecule has 0 spiro atoms. The van der Waals surface area contributed by atoms with Crippen LogP contribution in [0.1, 0.15) is 16.8 Å². The summed E-state index contributed by atoms with van der Waals surface area (Å²) < 4.78 is 5.43. The van der Waals surface area contributed by atoms with E-state index in [1.807, 2.05) is 72.9 Å². The first-order chi connectivity index (χ1) is 13.3. The number of carbonyl (C=O) groups excluding carboxylic acids is 1. The van der Waals surface area contributed by atoms with Gasteiger partial charge in [-0.1, -0.05) is 36.4 Å². The summed E-state index contributed by atoms with van der Waals surface area (Å²) >= 11 is 0. The van der Waals surface area contributed by atoms with E-state index in [0.717, 1.165) is 30.8 Å². The highest BCUT2D eigenvalue weighted by Crippen LogP contribution is 2.32. The van der Waals surface area contributed by atoms with Crippen molar-refractivity contribution in [1.29, 1.82) is 0 Å². The minimum atomic E-state index is -0.442. The maximum atomic E-state index is 12.0. The summed E-state index contributed by atoms with van der Waals surface area (Å²) in [6, 6.07) is 21.5. The van der Waals surface area contributed by atoms with Crippen LogP contribution in [0.2, 0.25) is 0 Å². The van der Waals surface area contributed by atoms with Crippen molar-refractivity contribution in [1.82, 2.24) is 10.3 Å². The van der Waals surface area contributed by atoms with Gasteiger partial charge in [0, 0.05) is 25.0 Å². The summed E-state index contributed by atoms with van der Waals surface area (Å²) in [4.78, 5) is 18.7. The van der Waals surface area contributed by atoms with Crippen LogP contribution >= 0.6 is 0 Å². The van der Waals surface area contributed by atoms with E-state index >= 15 is 0 Å². The first-order valence-corrected chi connectivity index (χ1v) is 9.05. The van der Waals surface area contributed by atoms with Crippen LogP contribution in [0.4, 0.5) is 10.5 Å². The number of ether oxygens (including phenoxy) is 1. The van der Waals surface area contributed by atoms with Crippen LogP contribution in [0, 0.1) is 0 Å². The first kappa shape index (κ1) is 17.1. The summed E-state index contributed by atoms with van der Waals surface area (Å²) in [5, 5.41) is 2.78. The second-order valence-electron chi connectivity index (χ2n) is 6.51. The summed E-state index contributed by atoms with van der Waals surface area (Å²) in [6.07, 6.45) is 2.31. The van der Waals surface area contributed by atoms with Crippen LogP contribution < -0.4 is 15.0 Å². The summed E-state index contributed by atoms with van der Waals surface area (Å²) in [5.41, 5.74) is 4.46.